The average Bonchev–Trinajstić information content (AvgIpc) is 2.15. The zero-order valence-corrected chi connectivity index (χ0v) is 10.4. The van der Waals surface area contributed by atoms with Crippen molar-refractivity contribution in [2.45, 2.75) is 25.2 Å². The van der Waals surface area contributed by atoms with Crippen LogP contribution in [0.25, 0.3) is 0 Å². The van der Waals surface area contributed by atoms with Crippen molar-refractivity contribution in [2.75, 3.05) is 6.61 Å². The molecule has 0 aliphatic carbocycles. The Labute approximate surface area is 97.0 Å². The van der Waals surface area contributed by atoms with E-state index in [2.05, 4.69) is 0 Å². The Balaban J connectivity index is 0.00000196. The SMILES string of the molecule is CCCOS(=O)(=O)c1ccccc1C.Cl. The molecule has 86 valence electrons. The van der Waals surface area contributed by atoms with Crippen molar-refractivity contribution < 1.29 is 12.6 Å². The molecule has 1 rings (SSSR count). The minimum absolute atomic E-state index is 0. The van der Waals surface area contributed by atoms with Gasteiger partial charge in [0.1, 0.15) is 0 Å². The Kier molecular flexibility index (Phi) is 5.87. The summed E-state index contributed by atoms with van der Waals surface area (Å²) in [7, 11) is -3.55. The van der Waals surface area contributed by atoms with Crippen molar-refractivity contribution in [3.8, 4) is 0 Å². The highest BCUT2D eigenvalue weighted by atomic mass is 35.5. The van der Waals surface area contributed by atoms with E-state index in [4.69, 9.17) is 4.18 Å². The third kappa shape index (κ3) is 3.81. The van der Waals surface area contributed by atoms with Crippen LogP contribution in [0.3, 0.4) is 0 Å². The summed E-state index contributed by atoms with van der Waals surface area (Å²) in [5, 5.41) is 0. The molecule has 0 saturated heterocycles. The molecule has 0 amide bonds. The molecular weight excluding hydrogens is 236 g/mol. The maximum Gasteiger partial charge on any atom is 0.297 e. The number of halogens is 1. The molecule has 0 heterocycles. The van der Waals surface area contributed by atoms with Crippen LogP contribution in [-0.4, -0.2) is 15.0 Å². The maximum absolute atomic E-state index is 11.6. The summed E-state index contributed by atoms with van der Waals surface area (Å²) in [6.07, 6.45) is 0.686. The topological polar surface area (TPSA) is 43.4 Å². The zero-order chi connectivity index (χ0) is 10.6. The fraction of sp³-hybridized carbons (Fsp3) is 0.400. The monoisotopic (exact) mass is 250 g/mol. The van der Waals surface area contributed by atoms with E-state index < -0.39 is 10.1 Å². The summed E-state index contributed by atoms with van der Waals surface area (Å²) in [5.74, 6) is 0. The summed E-state index contributed by atoms with van der Waals surface area (Å²) in [4.78, 5) is 0.258. The Hall–Kier alpha value is -0.580. The molecule has 1 aromatic rings. The van der Waals surface area contributed by atoms with Crippen molar-refractivity contribution in [1.82, 2.24) is 0 Å². The summed E-state index contributed by atoms with van der Waals surface area (Å²) in [6.45, 7) is 3.85. The molecule has 0 unspecified atom stereocenters. The molecule has 0 aliphatic heterocycles. The van der Waals surface area contributed by atoms with Crippen molar-refractivity contribution in [3.05, 3.63) is 29.8 Å². The molecule has 0 spiro atoms. The van der Waals surface area contributed by atoms with E-state index in [1.807, 2.05) is 6.92 Å². The lowest BCUT2D eigenvalue weighted by molar-refractivity contribution is 0.318. The van der Waals surface area contributed by atoms with Gasteiger partial charge in [-0.15, -0.1) is 12.4 Å². The highest BCUT2D eigenvalue weighted by molar-refractivity contribution is 7.86. The van der Waals surface area contributed by atoms with Crippen LogP contribution in [0, 0.1) is 6.92 Å². The van der Waals surface area contributed by atoms with Crippen LogP contribution in [-0.2, 0) is 14.3 Å². The summed E-state index contributed by atoms with van der Waals surface area (Å²) >= 11 is 0. The molecule has 1 aromatic carbocycles. The van der Waals surface area contributed by atoms with Gasteiger partial charge in [-0.1, -0.05) is 25.1 Å². The fourth-order valence-corrected chi connectivity index (χ4v) is 2.31. The van der Waals surface area contributed by atoms with Gasteiger partial charge < -0.3 is 0 Å². The van der Waals surface area contributed by atoms with Crippen LogP contribution in [0.2, 0.25) is 0 Å². The maximum atomic E-state index is 11.6. The molecule has 0 bridgehead atoms. The number of hydrogen-bond donors (Lipinski definition) is 0. The second-order valence-electron chi connectivity index (χ2n) is 3.04. The van der Waals surface area contributed by atoms with Gasteiger partial charge >= 0.3 is 0 Å². The normalized spacial score (nSPS) is 10.8. The van der Waals surface area contributed by atoms with Gasteiger partial charge in [0.15, 0.2) is 0 Å². The Morgan fingerprint density at radius 1 is 1.27 bits per heavy atom. The number of benzene rings is 1. The van der Waals surface area contributed by atoms with Gasteiger partial charge in [0.05, 0.1) is 11.5 Å². The van der Waals surface area contributed by atoms with Gasteiger partial charge in [-0.05, 0) is 25.0 Å². The van der Waals surface area contributed by atoms with Gasteiger partial charge in [-0.2, -0.15) is 8.42 Å². The van der Waals surface area contributed by atoms with E-state index in [0.29, 0.717) is 12.0 Å². The van der Waals surface area contributed by atoms with Gasteiger partial charge in [-0.3, -0.25) is 4.18 Å². The van der Waals surface area contributed by atoms with Crippen LogP contribution in [0.15, 0.2) is 29.2 Å². The van der Waals surface area contributed by atoms with E-state index in [1.54, 1.807) is 31.2 Å². The smallest absolute Gasteiger partial charge is 0.266 e. The Morgan fingerprint density at radius 2 is 1.87 bits per heavy atom. The zero-order valence-electron chi connectivity index (χ0n) is 8.76. The van der Waals surface area contributed by atoms with Crippen molar-refractivity contribution >= 4 is 22.5 Å². The molecule has 5 heteroatoms. The molecule has 0 saturated carbocycles. The van der Waals surface area contributed by atoms with Crippen LogP contribution >= 0.6 is 12.4 Å². The van der Waals surface area contributed by atoms with Gasteiger partial charge in [0.2, 0.25) is 0 Å². The van der Waals surface area contributed by atoms with Crippen LogP contribution in [0.5, 0.6) is 0 Å². The average molecular weight is 251 g/mol. The van der Waals surface area contributed by atoms with Crippen LogP contribution in [0.4, 0.5) is 0 Å². The largest absolute Gasteiger partial charge is 0.297 e. The summed E-state index contributed by atoms with van der Waals surface area (Å²) < 4.78 is 28.0. The number of rotatable bonds is 4. The minimum Gasteiger partial charge on any atom is -0.266 e. The standard InChI is InChI=1S/C10H14O3S.ClH/c1-3-8-13-14(11,12)10-7-5-4-6-9(10)2;/h4-7H,3,8H2,1-2H3;1H. The quantitative estimate of drug-likeness (QED) is 0.772. The first-order valence-electron chi connectivity index (χ1n) is 4.53. The molecule has 0 N–H and O–H groups in total. The highest BCUT2D eigenvalue weighted by Gasteiger charge is 2.16. The molecule has 0 aromatic heterocycles. The highest BCUT2D eigenvalue weighted by Crippen LogP contribution is 2.16. The molecule has 3 nitrogen and oxygen atoms in total. The lowest BCUT2D eigenvalue weighted by Crippen LogP contribution is -2.08. The lowest BCUT2D eigenvalue weighted by Gasteiger charge is -2.06. The van der Waals surface area contributed by atoms with E-state index in [-0.39, 0.29) is 23.9 Å². The number of aryl methyl sites for hydroxylation is 1. The third-order valence-electron chi connectivity index (χ3n) is 1.81. The van der Waals surface area contributed by atoms with Crippen LogP contribution < -0.4 is 0 Å². The number of hydrogen-bond acceptors (Lipinski definition) is 3. The summed E-state index contributed by atoms with van der Waals surface area (Å²) in [6, 6.07) is 6.80. The third-order valence-corrected chi connectivity index (χ3v) is 3.28. The van der Waals surface area contributed by atoms with E-state index in [0.717, 1.165) is 0 Å². The molecule has 15 heavy (non-hydrogen) atoms. The molecule has 0 aliphatic rings. The molecule has 0 radical (unpaired) electrons. The van der Waals surface area contributed by atoms with Crippen molar-refractivity contribution in [2.24, 2.45) is 0 Å². The van der Waals surface area contributed by atoms with Gasteiger partial charge in [0, 0.05) is 0 Å². The molecule has 0 atom stereocenters. The first-order valence-corrected chi connectivity index (χ1v) is 5.94. The Bertz CT molecular complexity index is 401. The van der Waals surface area contributed by atoms with Gasteiger partial charge in [0.25, 0.3) is 10.1 Å². The van der Waals surface area contributed by atoms with Gasteiger partial charge in [-0.25, -0.2) is 0 Å². The van der Waals surface area contributed by atoms with E-state index >= 15 is 0 Å². The molecular formula is C10H15ClO3S. The Morgan fingerprint density at radius 3 is 2.40 bits per heavy atom. The lowest BCUT2D eigenvalue weighted by atomic mass is 10.2. The fourth-order valence-electron chi connectivity index (χ4n) is 1.09. The van der Waals surface area contributed by atoms with Crippen molar-refractivity contribution in [3.63, 3.8) is 0 Å². The minimum atomic E-state index is -3.55. The predicted molar refractivity (Wildman–Crippen MR) is 61.9 cm³/mol. The van der Waals surface area contributed by atoms with E-state index in [1.165, 1.54) is 0 Å². The van der Waals surface area contributed by atoms with Crippen LogP contribution in [0.1, 0.15) is 18.9 Å². The second-order valence-corrected chi connectivity index (χ2v) is 4.63. The second kappa shape index (κ2) is 6.10. The summed E-state index contributed by atoms with van der Waals surface area (Å²) in [5.41, 5.74) is 0.712. The predicted octanol–water partition coefficient (Wildman–Crippen LogP) is 2.53. The molecule has 0 fully saturated rings. The first kappa shape index (κ1) is 14.4. The first-order chi connectivity index (χ1) is 6.58. The van der Waals surface area contributed by atoms with Crippen molar-refractivity contribution in [1.29, 1.82) is 0 Å². The van der Waals surface area contributed by atoms with E-state index in [9.17, 15) is 8.42 Å².